The summed E-state index contributed by atoms with van der Waals surface area (Å²) >= 11 is 0. The highest BCUT2D eigenvalue weighted by atomic mass is 32.2. The maximum absolute atomic E-state index is 12.6. The second-order valence-electron chi connectivity index (χ2n) is 5.65. The van der Waals surface area contributed by atoms with Gasteiger partial charge in [0.05, 0.1) is 26.2 Å². The number of benzene rings is 2. The number of sulfonamides is 1. The van der Waals surface area contributed by atoms with Crippen LogP contribution in [0.1, 0.15) is 6.92 Å². The molecule has 0 aliphatic carbocycles. The number of ether oxygens (including phenoxy) is 2. The van der Waals surface area contributed by atoms with E-state index >= 15 is 0 Å². The molecule has 0 aromatic heterocycles. The van der Waals surface area contributed by atoms with Gasteiger partial charge in [-0.2, -0.15) is 0 Å². The fourth-order valence-electron chi connectivity index (χ4n) is 2.48. The molecule has 1 unspecified atom stereocenters. The van der Waals surface area contributed by atoms with Crippen molar-refractivity contribution < 1.29 is 22.7 Å². The van der Waals surface area contributed by atoms with Gasteiger partial charge < -0.3 is 14.8 Å². The monoisotopic (exact) mass is 378 g/mol. The number of hydrogen-bond donors (Lipinski definition) is 1. The van der Waals surface area contributed by atoms with Gasteiger partial charge in [-0.05, 0) is 43.3 Å². The van der Waals surface area contributed by atoms with Crippen molar-refractivity contribution in [1.29, 1.82) is 0 Å². The number of hydrogen-bond acceptors (Lipinski definition) is 5. The maximum atomic E-state index is 12.6. The topological polar surface area (TPSA) is 84.9 Å². The Morgan fingerprint density at radius 3 is 2.19 bits per heavy atom. The number of carbonyl (C=O) groups excluding carboxylic acids is 1. The standard InChI is InChI=1S/C18H22N2O5S/c1-13(18(21)19-14-8-10-16(24-2)11-9-14)20(26(4,22)23)15-6-5-7-17(12-15)25-3/h5-13H,1-4H3,(H,19,21). The fourth-order valence-corrected chi connectivity index (χ4v) is 3.64. The number of anilines is 2. The lowest BCUT2D eigenvalue weighted by atomic mass is 10.2. The average Bonchev–Trinajstić information content (AvgIpc) is 2.61. The van der Waals surface area contributed by atoms with E-state index < -0.39 is 22.0 Å². The van der Waals surface area contributed by atoms with Gasteiger partial charge in [0, 0.05) is 11.8 Å². The molecule has 0 aliphatic heterocycles. The van der Waals surface area contributed by atoms with Crippen LogP contribution in [-0.4, -0.2) is 40.8 Å². The Hall–Kier alpha value is -2.74. The van der Waals surface area contributed by atoms with Crippen LogP contribution in [0.3, 0.4) is 0 Å². The van der Waals surface area contributed by atoms with Crippen LogP contribution >= 0.6 is 0 Å². The van der Waals surface area contributed by atoms with Gasteiger partial charge in [0.1, 0.15) is 17.5 Å². The summed E-state index contributed by atoms with van der Waals surface area (Å²) in [6, 6.07) is 12.4. The molecule has 0 saturated heterocycles. The molecular formula is C18H22N2O5S. The van der Waals surface area contributed by atoms with Gasteiger partial charge in [-0.3, -0.25) is 9.10 Å². The third-order valence-electron chi connectivity index (χ3n) is 3.75. The smallest absolute Gasteiger partial charge is 0.247 e. The highest BCUT2D eigenvalue weighted by Crippen LogP contribution is 2.26. The van der Waals surface area contributed by atoms with Gasteiger partial charge in [0.2, 0.25) is 15.9 Å². The van der Waals surface area contributed by atoms with Crippen LogP contribution in [0.2, 0.25) is 0 Å². The number of carbonyl (C=O) groups is 1. The lowest BCUT2D eigenvalue weighted by molar-refractivity contribution is -0.116. The molecule has 0 bridgehead atoms. The number of rotatable bonds is 7. The Morgan fingerprint density at radius 2 is 1.65 bits per heavy atom. The summed E-state index contributed by atoms with van der Waals surface area (Å²) in [5.41, 5.74) is 0.894. The van der Waals surface area contributed by atoms with Gasteiger partial charge in [0.25, 0.3) is 0 Å². The first-order valence-electron chi connectivity index (χ1n) is 7.84. The van der Waals surface area contributed by atoms with Crippen LogP contribution < -0.4 is 19.1 Å². The third-order valence-corrected chi connectivity index (χ3v) is 5.00. The summed E-state index contributed by atoms with van der Waals surface area (Å²) in [6.45, 7) is 1.53. The Kier molecular flexibility index (Phi) is 6.10. The van der Waals surface area contributed by atoms with E-state index in [9.17, 15) is 13.2 Å². The minimum absolute atomic E-state index is 0.351. The molecule has 2 aromatic rings. The first kappa shape index (κ1) is 19.6. The van der Waals surface area contributed by atoms with Crippen molar-refractivity contribution in [2.75, 3.05) is 30.1 Å². The molecule has 0 aliphatic rings. The minimum atomic E-state index is -3.69. The van der Waals surface area contributed by atoms with Crippen molar-refractivity contribution in [2.45, 2.75) is 13.0 Å². The Balaban J connectivity index is 2.27. The van der Waals surface area contributed by atoms with Crippen LogP contribution in [-0.2, 0) is 14.8 Å². The Labute approximate surface area is 153 Å². The largest absolute Gasteiger partial charge is 0.497 e. The van der Waals surface area contributed by atoms with E-state index in [4.69, 9.17) is 9.47 Å². The number of nitrogens with one attached hydrogen (secondary N) is 1. The second-order valence-corrected chi connectivity index (χ2v) is 7.51. The Morgan fingerprint density at radius 1 is 1.04 bits per heavy atom. The highest BCUT2D eigenvalue weighted by molar-refractivity contribution is 7.92. The van der Waals surface area contributed by atoms with Crippen molar-refractivity contribution >= 4 is 27.3 Å². The molecule has 1 amide bonds. The molecule has 26 heavy (non-hydrogen) atoms. The quantitative estimate of drug-likeness (QED) is 0.800. The van der Waals surface area contributed by atoms with E-state index in [0.717, 1.165) is 10.6 Å². The van der Waals surface area contributed by atoms with Crippen molar-refractivity contribution in [3.8, 4) is 11.5 Å². The molecular weight excluding hydrogens is 356 g/mol. The second kappa shape index (κ2) is 8.09. The number of methoxy groups -OCH3 is 2. The predicted octanol–water partition coefficient (Wildman–Crippen LogP) is 2.50. The average molecular weight is 378 g/mol. The van der Waals surface area contributed by atoms with E-state index in [-0.39, 0.29) is 0 Å². The molecule has 0 radical (unpaired) electrons. The van der Waals surface area contributed by atoms with E-state index in [1.165, 1.54) is 14.0 Å². The maximum Gasteiger partial charge on any atom is 0.247 e. The minimum Gasteiger partial charge on any atom is -0.497 e. The van der Waals surface area contributed by atoms with Gasteiger partial charge in [-0.25, -0.2) is 8.42 Å². The summed E-state index contributed by atoms with van der Waals surface area (Å²) in [6.07, 6.45) is 1.06. The molecule has 7 nitrogen and oxygen atoms in total. The lowest BCUT2D eigenvalue weighted by Crippen LogP contribution is -2.45. The van der Waals surface area contributed by atoms with Crippen molar-refractivity contribution in [3.63, 3.8) is 0 Å². The van der Waals surface area contributed by atoms with Gasteiger partial charge in [-0.15, -0.1) is 0 Å². The van der Waals surface area contributed by atoms with Gasteiger partial charge in [-0.1, -0.05) is 6.07 Å². The van der Waals surface area contributed by atoms with Crippen molar-refractivity contribution in [2.24, 2.45) is 0 Å². The lowest BCUT2D eigenvalue weighted by Gasteiger charge is -2.28. The summed E-state index contributed by atoms with van der Waals surface area (Å²) in [7, 11) is -0.654. The zero-order chi connectivity index (χ0) is 19.3. The van der Waals surface area contributed by atoms with E-state index in [1.807, 2.05) is 0 Å². The third kappa shape index (κ3) is 4.66. The Bertz CT molecular complexity index is 865. The van der Waals surface area contributed by atoms with E-state index in [0.29, 0.717) is 22.9 Å². The molecule has 0 heterocycles. The number of amides is 1. The summed E-state index contributed by atoms with van der Waals surface area (Å²) in [5.74, 6) is 0.701. The molecule has 2 aromatic carbocycles. The summed E-state index contributed by atoms with van der Waals surface area (Å²) < 4.78 is 35.9. The summed E-state index contributed by atoms with van der Waals surface area (Å²) in [4.78, 5) is 12.6. The normalized spacial score (nSPS) is 12.2. The van der Waals surface area contributed by atoms with Gasteiger partial charge in [0.15, 0.2) is 0 Å². The first-order valence-corrected chi connectivity index (χ1v) is 9.69. The van der Waals surface area contributed by atoms with E-state index in [2.05, 4.69) is 5.32 Å². The SMILES string of the molecule is COc1ccc(NC(=O)C(C)N(c2cccc(OC)c2)S(C)(=O)=O)cc1. The number of nitrogens with zero attached hydrogens (tertiary/aromatic N) is 1. The highest BCUT2D eigenvalue weighted by Gasteiger charge is 2.29. The van der Waals surface area contributed by atoms with Crippen LogP contribution in [0.5, 0.6) is 11.5 Å². The first-order chi connectivity index (χ1) is 12.3. The van der Waals surface area contributed by atoms with Crippen LogP contribution in [0, 0.1) is 0 Å². The molecule has 0 fully saturated rings. The molecule has 1 atom stereocenters. The predicted molar refractivity (Wildman–Crippen MR) is 101 cm³/mol. The zero-order valence-electron chi connectivity index (χ0n) is 15.1. The van der Waals surface area contributed by atoms with Crippen LogP contribution in [0.4, 0.5) is 11.4 Å². The molecule has 8 heteroatoms. The van der Waals surface area contributed by atoms with Crippen LogP contribution in [0.15, 0.2) is 48.5 Å². The molecule has 2 rings (SSSR count). The zero-order valence-corrected chi connectivity index (χ0v) is 15.9. The van der Waals surface area contributed by atoms with Crippen molar-refractivity contribution in [3.05, 3.63) is 48.5 Å². The molecule has 1 N–H and O–H groups in total. The van der Waals surface area contributed by atoms with Gasteiger partial charge >= 0.3 is 0 Å². The van der Waals surface area contributed by atoms with Crippen LogP contribution in [0.25, 0.3) is 0 Å². The molecule has 140 valence electrons. The van der Waals surface area contributed by atoms with E-state index in [1.54, 1.807) is 55.6 Å². The molecule has 0 spiro atoms. The molecule has 0 saturated carbocycles. The fraction of sp³-hybridized carbons (Fsp3) is 0.278. The summed E-state index contributed by atoms with van der Waals surface area (Å²) in [5, 5.41) is 2.71. The van der Waals surface area contributed by atoms with Crippen molar-refractivity contribution in [1.82, 2.24) is 0 Å².